The Kier molecular flexibility index (Phi) is 8.29. The van der Waals surface area contributed by atoms with Crippen molar-refractivity contribution in [3.8, 4) is 11.5 Å². The van der Waals surface area contributed by atoms with Gasteiger partial charge in [0.25, 0.3) is 5.91 Å². The molecule has 3 aromatic rings. The van der Waals surface area contributed by atoms with Gasteiger partial charge in [-0.1, -0.05) is 13.0 Å². The largest absolute Gasteiger partial charge is 0.493 e. The zero-order chi connectivity index (χ0) is 24.7. The highest BCUT2D eigenvalue weighted by atomic mass is 16.5. The number of nitrogens with one attached hydrogen (secondary N) is 2. The molecule has 8 heteroatoms. The van der Waals surface area contributed by atoms with E-state index in [1.807, 2.05) is 55.9 Å². The molecule has 0 aliphatic heterocycles. The van der Waals surface area contributed by atoms with E-state index in [1.165, 1.54) is 0 Å². The maximum absolute atomic E-state index is 13.0. The molecule has 0 aliphatic rings. The smallest absolute Gasteiger partial charge is 0.257 e. The first-order chi connectivity index (χ1) is 16.3. The van der Waals surface area contributed by atoms with Crippen molar-refractivity contribution in [3.05, 3.63) is 70.5 Å². The number of hydrogen-bond acceptors (Lipinski definition) is 5. The van der Waals surface area contributed by atoms with Gasteiger partial charge in [0.1, 0.15) is 0 Å². The quantitative estimate of drug-likeness (QED) is 0.375. The summed E-state index contributed by atoms with van der Waals surface area (Å²) < 4.78 is 12.6. The molecule has 2 aromatic carbocycles. The van der Waals surface area contributed by atoms with Gasteiger partial charge in [-0.25, -0.2) is 4.99 Å². The topological polar surface area (TPSA) is 89.8 Å². The van der Waals surface area contributed by atoms with Crippen molar-refractivity contribution in [2.75, 3.05) is 19.5 Å². The number of carbonyl (C=O) groups is 1. The van der Waals surface area contributed by atoms with Gasteiger partial charge in [-0.3, -0.25) is 14.8 Å². The molecule has 3 rings (SSSR count). The third-order valence-electron chi connectivity index (χ3n) is 5.56. The molecule has 0 aliphatic carbocycles. The molecule has 1 heterocycles. The van der Waals surface area contributed by atoms with E-state index in [1.54, 1.807) is 26.4 Å². The van der Waals surface area contributed by atoms with Crippen LogP contribution >= 0.6 is 0 Å². The first kappa shape index (κ1) is 24.8. The highest BCUT2D eigenvalue weighted by Crippen LogP contribution is 2.29. The Balaban J connectivity index is 1.88. The Labute approximate surface area is 201 Å². The predicted molar refractivity (Wildman–Crippen MR) is 135 cm³/mol. The number of methoxy groups -OCH3 is 2. The SMILES string of the molecule is CCCn1cc(CN=C(NC(=O)c2ccc(C)c(C)c2)Nc2ccc(OC)c(OC)c2)c(C)n1. The number of aliphatic imine (C=N–C) groups is 1. The number of hydrogen-bond donors (Lipinski definition) is 2. The number of anilines is 1. The molecule has 0 atom stereocenters. The average molecular weight is 464 g/mol. The number of aromatic nitrogens is 2. The van der Waals surface area contributed by atoms with Crippen LogP contribution < -0.4 is 20.1 Å². The summed E-state index contributed by atoms with van der Waals surface area (Å²) in [5.74, 6) is 1.28. The highest BCUT2D eigenvalue weighted by molar-refractivity contribution is 6.10. The first-order valence-electron chi connectivity index (χ1n) is 11.3. The van der Waals surface area contributed by atoms with Crippen molar-refractivity contribution in [2.45, 2.75) is 47.2 Å². The molecule has 0 fully saturated rings. The van der Waals surface area contributed by atoms with Crippen LogP contribution in [0.1, 0.15) is 46.1 Å². The number of rotatable bonds is 8. The molecule has 1 aromatic heterocycles. The molecule has 0 bridgehead atoms. The summed E-state index contributed by atoms with van der Waals surface area (Å²) in [5, 5.41) is 10.7. The highest BCUT2D eigenvalue weighted by Gasteiger charge is 2.13. The number of amides is 1. The van der Waals surface area contributed by atoms with Crippen molar-refractivity contribution in [1.29, 1.82) is 0 Å². The fourth-order valence-electron chi connectivity index (χ4n) is 3.45. The fraction of sp³-hybridized carbons (Fsp3) is 0.346. The second kappa shape index (κ2) is 11.4. The van der Waals surface area contributed by atoms with Gasteiger partial charge in [-0.2, -0.15) is 5.10 Å². The summed E-state index contributed by atoms with van der Waals surface area (Å²) in [6.45, 7) is 9.31. The summed E-state index contributed by atoms with van der Waals surface area (Å²) in [6.07, 6.45) is 3.00. The van der Waals surface area contributed by atoms with Crippen LogP contribution in [0.3, 0.4) is 0 Å². The molecule has 1 amide bonds. The molecule has 180 valence electrons. The molecule has 0 saturated carbocycles. The number of nitrogens with zero attached hydrogens (tertiary/aromatic N) is 3. The Morgan fingerprint density at radius 1 is 1.03 bits per heavy atom. The van der Waals surface area contributed by atoms with Crippen molar-refractivity contribution < 1.29 is 14.3 Å². The summed E-state index contributed by atoms with van der Waals surface area (Å²) in [5.41, 5.74) is 5.38. The molecule has 0 unspecified atom stereocenters. The molecule has 2 N–H and O–H groups in total. The minimum atomic E-state index is -0.242. The molecule has 8 nitrogen and oxygen atoms in total. The summed E-state index contributed by atoms with van der Waals surface area (Å²) >= 11 is 0. The van der Waals surface area contributed by atoms with Crippen molar-refractivity contribution in [1.82, 2.24) is 15.1 Å². The van der Waals surface area contributed by atoms with E-state index < -0.39 is 0 Å². The van der Waals surface area contributed by atoms with Crippen LogP contribution in [0.5, 0.6) is 11.5 Å². The number of aryl methyl sites for hydroxylation is 4. The van der Waals surface area contributed by atoms with Crippen LogP contribution in [0.2, 0.25) is 0 Å². The zero-order valence-corrected chi connectivity index (χ0v) is 20.7. The molecule has 0 radical (unpaired) electrons. The lowest BCUT2D eigenvalue weighted by Crippen LogP contribution is -2.36. The van der Waals surface area contributed by atoms with E-state index in [4.69, 9.17) is 9.47 Å². The molecule has 0 spiro atoms. The number of carbonyl (C=O) groups excluding carboxylic acids is 1. The van der Waals surface area contributed by atoms with E-state index >= 15 is 0 Å². The third kappa shape index (κ3) is 6.15. The zero-order valence-electron chi connectivity index (χ0n) is 20.7. The molecule has 0 saturated heterocycles. The van der Waals surface area contributed by atoms with Gasteiger partial charge in [0.15, 0.2) is 11.5 Å². The van der Waals surface area contributed by atoms with E-state index in [2.05, 4.69) is 27.6 Å². The summed E-state index contributed by atoms with van der Waals surface area (Å²) in [6, 6.07) is 11.0. The second-order valence-corrected chi connectivity index (χ2v) is 8.12. The van der Waals surface area contributed by atoms with Crippen LogP contribution in [0.15, 0.2) is 47.6 Å². The van der Waals surface area contributed by atoms with Gasteiger partial charge in [0.05, 0.1) is 26.5 Å². The Hall–Kier alpha value is -3.81. The second-order valence-electron chi connectivity index (χ2n) is 8.12. The minimum absolute atomic E-state index is 0.242. The van der Waals surface area contributed by atoms with E-state index in [-0.39, 0.29) is 5.91 Å². The predicted octanol–water partition coefficient (Wildman–Crippen LogP) is 4.63. The lowest BCUT2D eigenvalue weighted by molar-refractivity contribution is 0.0977. The van der Waals surface area contributed by atoms with Gasteiger partial charge in [-0.15, -0.1) is 0 Å². The summed E-state index contributed by atoms with van der Waals surface area (Å²) in [4.78, 5) is 17.7. The van der Waals surface area contributed by atoms with Gasteiger partial charge in [0.2, 0.25) is 5.96 Å². The Morgan fingerprint density at radius 3 is 2.47 bits per heavy atom. The molecular formula is C26H33N5O3. The first-order valence-corrected chi connectivity index (χ1v) is 11.3. The van der Waals surface area contributed by atoms with Crippen LogP contribution in [0, 0.1) is 20.8 Å². The minimum Gasteiger partial charge on any atom is -0.493 e. The Morgan fingerprint density at radius 2 is 1.79 bits per heavy atom. The van der Waals surface area contributed by atoms with Crippen molar-refractivity contribution >= 4 is 17.6 Å². The van der Waals surface area contributed by atoms with Crippen LogP contribution in [0.25, 0.3) is 0 Å². The van der Waals surface area contributed by atoms with Crippen molar-refractivity contribution in [3.63, 3.8) is 0 Å². The van der Waals surface area contributed by atoms with Gasteiger partial charge in [-0.05, 0) is 62.6 Å². The fourth-order valence-corrected chi connectivity index (χ4v) is 3.45. The van der Waals surface area contributed by atoms with E-state index in [0.29, 0.717) is 35.3 Å². The van der Waals surface area contributed by atoms with Gasteiger partial charge < -0.3 is 14.8 Å². The van der Waals surface area contributed by atoms with Crippen LogP contribution in [-0.4, -0.2) is 35.9 Å². The maximum Gasteiger partial charge on any atom is 0.257 e. The van der Waals surface area contributed by atoms with E-state index in [9.17, 15) is 4.79 Å². The number of guanidine groups is 1. The number of benzene rings is 2. The maximum atomic E-state index is 13.0. The van der Waals surface area contributed by atoms with Crippen LogP contribution in [-0.2, 0) is 13.1 Å². The van der Waals surface area contributed by atoms with Crippen LogP contribution in [0.4, 0.5) is 5.69 Å². The lowest BCUT2D eigenvalue weighted by Gasteiger charge is -2.14. The van der Waals surface area contributed by atoms with E-state index in [0.717, 1.165) is 35.3 Å². The van der Waals surface area contributed by atoms with Crippen molar-refractivity contribution in [2.24, 2.45) is 4.99 Å². The summed E-state index contributed by atoms with van der Waals surface area (Å²) in [7, 11) is 3.16. The number of ether oxygens (including phenoxy) is 2. The monoisotopic (exact) mass is 463 g/mol. The Bertz CT molecular complexity index is 1180. The normalized spacial score (nSPS) is 11.3. The standard InChI is InChI=1S/C26H33N5O3/c1-7-12-31-16-21(19(4)30-31)15-27-26(28-22-10-11-23(33-5)24(14-22)34-6)29-25(32)20-9-8-17(2)18(3)13-20/h8-11,13-14,16H,7,12,15H2,1-6H3,(H2,27,28,29,32). The van der Waals surface area contributed by atoms with Gasteiger partial charge in [0, 0.05) is 35.6 Å². The van der Waals surface area contributed by atoms with Gasteiger partial charge >= 0.3 is 0 Å². The third-order valence-corrected chi connectivity index (χ3v) is 5.56. The average Bonchev–Trinajstić information content (AvgIpc) is 3.18. The molecule has 34 heavy (non-hydrogen) atoms. The lowest BCUT2D eigenvalue weighted by atomic mass is 10.1. The molecular weight excluding hydrogens is 430 g/mol.